The molecule has 3 atom stereocenters. The highest BCUT2D eigenvalue weighted by Crippen LogP contribution is 2.38. The van der Waals surface area contributed by atoms with Gasteiger partial charge in [0.15, 0.2) is 0 Å². The number of carbonyl (C=O) groups excluding carboxylic acids is 1. The van der Waals surface area contributed by atoms with Gasteiger partial charge in [0.1, 0.15) is 13.2 Å². The van der Waals surface area contributed by atoms with Crippen molar-refractivity contribution in [3.63, 3.8) is 0 Å². The zero-order chi connectivity index (χ0) is 54.9. The van der Waals surface area contributed by atoms with Crippen LogP contribution in [0.5, 0.6) is 0 Å². The third kappa shape index (κ3) is 60.7. The van der Waals surface area contributed by atoms with E-state index in [2.05, 4.69) is 31.3 Å². The van der Waals surface area contributed by atoms with Crippen LogP contribution in [0.25, 0.3) is 0 Å². The van der Waals surface area contributed by atoms with Crippen molar-refractivity contribution in [3.8, 4) is 0 Å². The Kier molecular flexibility index (Phi) is 57.3. The molecule has 0 heterocycles. The second-order valence-electron chi connectivity index (χ2n) is 24.5. The number of carbonyl (C=O) groups is 1. The van der Waals surface area contributed by atoms with Gasteiger partial charge in [0.2, 0.25) is 5.91 Å². The van der Waals surface area contributed by atoms with Gasteiger partial charge in [-0.15, -0.1) is 0 Å². The Morgan fingerprint density at radius 3 is 1.04 bits per heavy atom. The molecule has 0 aromatic carbocycles. The normalized spacial score (nSPS) is 13.7. The molecular formula is C66H133N2O6P. The van der Waals surface area contributed by atoms with Crippen LogP contribution in [0, 0.1) is 0 Å². The van der Waals surface area contributed by atoms with Crippen molar-refractivity contribution in [1.29, 1.82) is 0 Å². The van der Waals surface area contributed by atoms with Crippen LogP contribution in [0.4, 0.5) is 0 Å². The van der Waals surface area contributed by atoms with Crippen LogP contribution in [0.3, 0.4) is 0 Å². The fourth-order valence-electron chi connectivity index (χ4n) is 10.5. The molecule has 0 aliphatic rings. The molecular weight excluding hydrogens is 948 g/mol. The average Bonchev–Trinajstić information content (AvgIpc) is 3.37. The lowest BCUT2D eigenvalue weighted by Crippen LogP contribution is -2.46. The molecule has 0 aromatic heterocycles. The summed E-state index contributed by atoms with van der Waals surface area (Å²) in [5.41, 5.74) is 0. The first-order valence-corrected chi connectivity index (χ1v) is 35.0. The summed E-state index contributed by atoms with van der Waals surface area (Å²) in [6.45, 7) is 4.79. The van der Waals surface area contributed by atoms with E-state index < -0.39 is 20.0 Å². The van der Waals surface area contributed by atoms with E-state index in [0.29, 0.717) is 23.9 Å². The van der Waals surface area contributed by atoms with E-state index in [1.54, 1.807) is 0 Å². The topological polar surface area (TPSA) is 108 Å². The fraction of sp³-hybridized carbons (Fsp3) is 0.955. The van der Waals surface area contributed by atoms with Crippen molar-refractivity contribution in [2.45, 2.75) is 366 Å². The van der Waals surface area contributed by atoms with Crippen LogP contribution in [0.15, 0.2) is 12.2 Å². The number of phosphoric acid groups is 1. The first-order valence-electron chi connectivity index (χ1n) is 33.5. The Morgan fingerprint density at radius 1 is 0.453 bits per heavy atom. The molecule has 2 N–H and O–H groups in total. The number of hydrogen-bond donors (Lipinski definition) is 2. The zero-order valence-corrected chi connectivity index (χ0v) is 52.2. The van der Waals surface area contributed by atoms with Gasteiger partial charge >= 0.3 is 0 Å². The maximum absolute atomic E-state index is 13.0. The summed E-state index contributed by atoms with van der Waals surface area (Å²) in [6.07, 6.45) is 72.7. The number of likely N-dealkylation sites (N-methyl/N-ethyl adjacent to an activating group) is 1. The molecule has 0 aliphatic carbocycles. The summed E-state index contributed by atoms with van der Waals surface area (Å²) in [4.78, 5) is 25.6. The number of unbranched alkanes of at least 4 members (excludes halogenated alkanes) is 48. The van der Waals surface area contributed by atoms with Crippen LogP contribution < -0.4 is 10.2 Å². The highest BCUT2D eigenvalue weighted by atomic mass is 31.2. The highest BCUT2D eigenvalue weighted by molar-refractivity contribution is 7.45. The van der Waals surface area contributed by atoms with Gasteiger partial charge in [-0.1, -0.05) is 321 Å². The molecule has 0 aromatic rings. The van der Waals surface area contributed by atoms with Crippen LogP contribution in [0.1, 0.15) is 354 Å². The zero-order valence-electron chi connectivity index (χ0n) is 51.3. The summed E-state index contributed by atoms with van der Waals surface area (Å²) >= 11 is 0. The number of hydrogen-bond acceptors (Lipinski definition) is 6. The first-order chi connectivity index (χ1) is 36.5. The van der Waals surface area contributed by atoms with Crippen LogP contribution >= 0.6 is 7.82 Å². The van der Waals surface area contributed by atoms with Crippen LogP contribution in [0.2, 0.25) is 0 Å². The average molecular weight is 1080 g/mol. The molecule has 0 radical (unpaired) electrons. The minimum absolute atomic E-state index is 0.0157. The number of phosphoric ester groups is 1. The standard InChI is InChI=1S/C66H133N2O6P/c1-6-8-10-12-14-16-18-20-22-24-26-28-30-32-33-34-35-36-38-40-42-44-46-48-50-52-54-56-58-60-66(70)67-64(63-74-75(71,72)73-62-61-68(3,4)5)65(69)59-57-55-53-51-49-47-45-43-41-39-37-31-29-27-25-23-21-19-17-15-13-11-9-7-2/h24,26,64-65,69H,6-23,25,27-63H2,1-5H3,(H-,67,70,71,72)/b26-24-. The van der Waals surface area contributed by atoms with Crippen molar-refractivity contribution in [2.24, 2.45) is 0 Å². The summed E-state index contributed by atoms with van der Waals surface area (Å²) in [6, 6.07) is -0.798. The predicted octanol–water partition coefficient (Wildman–Crippen LogP) is 20.3. The lowest BCUT2D eigenvalue weighted by molar-refractivity contribution is -0.870. The van der Waals surface area contributed by atoms with Gasteiger partial charge in [-0.05, 0) is 38.5 Å². The SMILES string of the molecule is CCCCCCCCCC/C=C\CCCCCCCCCCCCCCCCCCCC(=O)NC(COP(=O)([O-])OCC[N+](C)(C)C)C(O)CCCCCCCCCCCCCCCCCCCCCCCCCC. The molecule has 75 heavy (non-hydrogen) atoms. The number of aliphatic hydroxyl groups is 1. The third-order valence-corrected chi connectivity index (χ3v) is 16.7. The van der Waals surface area contributed by atoms with Crippen molar-refractivity contribution in [2.75, 3.05) is 40.9 Å². The Balaban J connectivity index is 4.02. The molecule has 0 aliphatic heterocycles. The molecule has 0 rings (SSSR count). The molecule has 0 fully saturated rings. The molecule has 448 valence electrons. The van der Waals surface area contributed by atoms with E-state index in [-0.39, 0.29) is 19.1 Å². The molecule has 0 spiro atoms. The smallest absolute Gasteiger partial charge is 0.268 e. The lowest BCUT2D eigenvalue weighted by Gasteiger charge is -2.30. The molecule has 1 amide bonds. The van der Waals surface area contributed by atoms with E-state index in [4.69, 9.17) is 9.05 Å². The third-order valence-electron chi connectivity index (χ3n) is 15.8. The van der Waals surface area contributed by atoms with E-state index in [1.165, 1.54) is 289 Å². The molecule has 9 heteroatoms. The molecule has 3 unspecified atom stereocenters. The number of rotatable bonds is 63. The fourth-order valence-corrected chi connectivity index (χ4v) is 11.2. The summed E-state index contributed by atoms with van der Waals surface area (Å²) in [5.74, 6) is -0.156. The molecule has 8 nitrogen and oxygen atoms in total. The minimum Gasteiger partial charge on any atom is -0.756 e. The van der Waals surface area contributed by atoms with Crippen molar-refractivity contribution in [3.05, 3.63) is 12.2 Å². The number of aliphatic hydroxyl groups excluding tert-OH is 1. The van der Waals surface area contributed by atoms with Crippen molar-refractivity contribution in [1.82, 2.24) is 5.32 Å². The summed E-state index contributed by atoms with van der Waals surface area (Å²) in [7, 11) is 1.33. The number of amides is 1. The van der Waals surface area contributed by atoms with Gasteiger partial charge in [0, 0.05) is 6.42 Å². The summed E-state index contributed by atoms with van der Waals surface area (Å²) < 4.78 is 23.5. The van der Waals surface area contributed by atoms with Crippen molar-refractivity contribution < 1.29 is 32.9 Å². The van der Waals surface area contributed by atoms with Gasteiger partial charge in [0.25, 0.3) is 7.82 Å². The van der Waals surface area contributed by atoms with Gasteiger partial charge in [-0.3, -0.25) is 9.36 Å². The van der Waals surface area contributed by atoms with Gasteiger partial charge < -0.3 is 28.8 Å². The predicted molar refractivity (Wildman–Crippen MR) is 326 cm³/mol. The number of quaternary nitrogens is 1. The second-order valence-corrected chi connectivity index (χ2v) is 25.9. The largest absolute Gasteiger partial charge is 0.756 e. The van der Waals surface area contributed by atoms with E-state index in [0.717, 1.165) is 38.5 Å². The van der Waals surface area contributed by atoms with Gasteiger partial charge in [-0.2, -0.15) is 0 Å². The summed E-state index contributed by atoms with van der Waals surface area (Å²) in [5, 5.41) is 14.1. The molecule has 0 saturated carbocycles. The Hall–Kier alpha value is -0.760. The number of nitrogens with zero attached hydrogens (tertiary/aromatic N) is 1. The lowest BCUT2D eigenvalue weighted by atomic mass is 10.0. The quantitative estimate of drug-likeness (QED) is 0.0272. The van der Waals surface area contributed by atoms with Gasteiger partial charge in [0.05, 0.1) is 39.9 Å². The van der Waals surface area contributed by atoms with Crippen molar-refractivity contribution >= 4 is 13.7 Å². The van der Waals surface area contributed by atoms with Gasteiger partial charge in [-0.25, -0.2) is 0 Å². The van der Waals surface area contributed by atoms with Crippen LogP contribution in [-0.4, -0.2) is 68.5 Å². The molecule has 0 saturated heterocycles. The Bertz CT molecular complexity index is 1230. The first kappa shape index (κ1) is 74.2. The number of allylic oxidation sites excluding steroid dienone is 2. The minimum atomic E-state index is -4.57. The Labute approximate surface area is 469 Å². The Morgan fingerprint density at radius 2 is 0.733 bits per heavy atom. The van der Waals surface area contributed by atoms with Crippen LogP contribution in [-0.2, 0) is 18.4 Å². The van der Waals surface area contributed by atoms with E-state index in [1.807, 2.05) is 21.1 Å². The van der Waals surface area contributed by atoms with E-state index >= 15 is 0 Å². The monoisotopic (exact) mass is 1080 g/mol. The maximum Gasteiger partial charge on any atom is 0.268 e. The van der Waals surface area contributed by atoms with E-state index in [9.17, 15) is 19.4 Å². The second kappa shape index (κ2) is 57.9. The number of nitrogens with one attached hydrogen (secondary N) is 1. The maximum atomic E-state index is 13.0. The highest BCUT2D eigenvalue weighted by Gasteiger charge is 2.24. The molecule has 0 bridgehead atoms.